The molecule has 4 atom stereocenters. The van der Waals surface area contributed by atoms with Gasteiger partial charge >= 0.3 is 10.3 Å². The molecular weight excluding hydrogens is 594 g/mol. The van der Waals surface area contributed by atoms with Gasteiger partial charge in [-0.15, -0.1) is 11.3 Å². The van der Waals surface area contributed by atoms with E-state index in [2.05, 4.69) is 35.1 Å². The first-order chi connectivity index (χ1) is 17.0. The third-order valence-electron chi connectivity index (χ3n) is 6.05. The molecule has 4 rings (SSSR count). The van der Waals surface area contributed by atoms with Crippen molar-refractivity contribution in [3.8, 4) is 0 Å². The zero-order valence-electron chi connectivity index (χ0n) is 18.8. The monoisotopic (exact) mass is 615 g/mol. The molecule has 14 heteroatoms. The van der Waals surface area contributed by atoms with Crippen molar-refractivity contribution in [1.82, 2.24) is 15.0 Å². The number of carbonyl (C=O) groups is 1. The average molecular weight is 617 g/mol. The van der Waals surface area contributed by atoms with Gasteiger partial charge in [-0.1, -0.05) is 17.7 Å². The maximum atomic E-state index is 13.4. The molecule has 1 fully saturated rings. The second kappa shape index (κ2) is 11.3. The average Bonchev–Trinajstić information content (AvgIpc) is 3.38. The van der Waals surface area contributed by atoms with E-state index in [1.807, 2.05) is 6.07 Å². The molecule has 5 N–H and O–H groups in total. The molecule has 10 nitrogen and oxygen atoms in total. The van der Waals surface area contributed by atoms with Crippen LogP contribution in [0.2, 0.25) is 4.34 Å². The number of halogens is 2. The Bertz CT molecular complexity index is 1370. The molecular formula is C22H23BrClN5O5S2. The zero-order valence-corrected chi connectivity index (χ0v) is 22.7. The molecule has 192 valence electrons. The van der Waals surface area contributed by atoms with Crippen molar-refractivity contribution in [1.29, 1.82) is 0 Å². The summed E-state index contributed by atoms with van der Waals surface area (Å²) in [5, 5.41) is 15.2. The van der Waals surface area contributed by atoms with Gasteiger partial charge in [0, 0.05) is 17.7 Å². The summed E-state index contributed by atoms with van der Waals surface area (Å²) < 4.78 is 27.8. The number of thiophene rings is 1. The Hall–Kier alpha value is -1.84. The van der Waals surface area contributed by atoms with Crippen LogP contribution < -0.4 is 10.9 Å². The van der Waals surface area contributed by atoms with Crippen LogP contribution in [0.3, 0.4) is 0 Å². The molecule has 36 heavy (non-hydrogen) atoms. The maximum Gasteiger partial charge on any atom is 0.333 e. The van der Waals surface area contributed by atoms with Gasteiger partial charge in [0.15, 0.2) is 0 Å². The summed E-state index contributed by atoms with van der Waals surface area (Å²) in [6.07, 6.45) is 3.39. The van der Waals surface area contributed by atoms with Crippen LogP contribution >= 0.6 is 38.9 Å². The molecule has 1 unspecified atom stereocenters. The minimum Gasteiger partial charge on any atom is -0.393 e. The standard InChI is InChI=1S/C22H23BrClN5O5S2/c23-19-3-1-2-15(29-19)20(25)13-7-18(35-22(13)24)21(31)14-8-27-10-28-16(14)5-11-4-12(17(30)6-11)9-34-36(26,32)33/h1-3,7-8,10-12,17,20,30H,4-6,9,25H2,(H2,26,32,33)/t11-,12+,17-,20?/m0/s1. The van der Waals surface area contributed by atoms with Crippen molar-refractivity contribution in [2.75, 3.05) is 6.61 Å². The van der Waals surface area contributed by atoms with Gasteiger partial charge in [-0.2, -0.15) is 8.42 Å². The molecule has 0 spiro atoms. The summed E-state index contributed by atoms with van der Waals surface area (Å²) in [6.45, 7) is -0.199. The molecule has 0 aliphatic heterocycles. The van der Waals surface area contributed by atoms with Crippen molar-refractivity contribution >= 4 is 55.0 Å². The largest absolute Gasteiger partial charge is 0.393 e. The topological polar surface area (TPSA) is 171 Å². The quantitative estimate of drug-likeness (QED) is 0.241. The van der Waals surface area contributed by atoms with Crippen LogP contribution in [0.15, 0.2) is 41.4 Å². The molecule has 0 radical (unpaired) electrons. The van der Waals surface area contributed by atoms with E-state index in [1.54, 1.807) is 18.2 Å². The van der Waals surface area contributed by atoms with E-state index in [-0.39, 0.29) is 24.2 Å². The minimum atomic E-state index is -4.09. The summed E-state index contributed by atoms with van der Waals surface area (Å²) >= 11 is 10.9. The van der Waals surface area contributed by atoms with Gasteiger partial charge in [-0.05, 0) is 59.3 Å². The van der Waals surface area contributed by atoms with Crippen LogP contribution in [-0.2, 0) is 20.9 Å². The second-order valence-electron chi connectivity index (χ2n) is 8.56. The Kier molecular flexibility index (Phi) is 8.52. The lowest BCUT2D eigenvalue weighted by Gasteiger charge is -2.13. The molecule has 3 heterocycles. The minimum absolute atomic E-state index is 0.0333. The number of aromatic nitrogens is 3. The SMILES string of the molecule is NC(c1cccc(Br)n1)c1cc(C(=O)c2cncnc2C[C@@H]2C[C@H](COS(N)(=O)=O)[C@@H](O)C2)sc1Cl. The highest BCUT2D eigenvalue weighted by molar-refractivity contribution is 9.10. The van der Waals surface area contributed by atoms with Crippen LogP contribution in [-0.4, -0.2) is 47.0 Å². The fourth-order valence-electron chi connectivity index (χ4n) is 4.32. The van der Waals surface area contributed by atoms with E-state index in [1.165, 1.54) is 12.5 Å². The van der Waals surface area contributed by atoms with E-state index in [0.717, 1.165) is 11.3 Å². The number of aliphatic hydroxyl groups excluding tert-OH is 1. The van der Waals surface area contributed by atoms with Gasteiger partial charge in [0.2, 0.25) is 5.78 Å². The predicted molar refractivity (Wildman–Crippen MR) is 138 cm³/mol. The molecule has 1 saturated carbocycles. The zero-order chi connectivity index (χ0) is 26.0. The third-order valence-corrected chi connectivity index (χ3v) is 8.34. The molecule has 3 aromatic heterocycles. The summed E-state index contributed by atoms with van der Waals surface area (Å²) in [5.74, 6) is -0.707. The smallest absolute Gasteiger partial charge is 0.333 e. The Balaban J connectivity index is 1.51. The summed E-state index contributed by atoms with van der Waals surface area (Å²) in [4.78, 5) is 26.5. The van der Waals surface area contributed by atoms with E-state index in [9.17, 15) is 18.3 Å². The first-order valence-electron chi connectivity index (χ1n) is 10.9. The fraction of sp³-hybridized carbons (Fsp3) is 0.364. The molecule has 0 aromatic carbocycles. The predicted octanol–water partition coefficient (Wildman–Crippen LogP) is 2.78. The molecule has 3 aromatic rings. The van der Waals surface area contributed by atoms with E-state index in [4.69, 9.17) is 22.5 Å². The summed E-state index contributed by atoms with van der Waals surface area (Å²) in [5.41, 5.74) is 8.43. The number of pyridine rings is 1. The normalized spacial score (nSPS) is 21.0. The fourth-order valence-corrected chi connectivity index (χ4v) is 6.35. The first kappa shape index (κ1) is 27.2. The molecule has 0 saturated heterocycles. The van der Waals surface area contributed by atoms with Gasteiger partial charge in [0.05, 0.1) is 44.9 Å². The van der Waals surface area contributed by atoms with Crippen molar-refractivity contribution in [2.45, 2.75) is 31.4 Å². The lowest BCUT2D eigenvalue weighted by molar-refractivity contribution is 0.100. The van der Waals surface area contributed by atoms with Crippen molar-refractivity contribution < 1.29 is 22.5 Å². The highest BCUT2D eigenvalue weighted by Gasteiger charge is 2.35. The van der Waals surface area contributed by atoms with E-state index < -0.39 is 22.4 Å². The third kappa shape index (κ3) is 6.53. The van der Waals surface area contributed by atoms with Crippen LogP contribution in [0.4, 0.5) is 0 Å². The van der Waals surface area contributed by atoms with Crippen LogP contribution in [0.5, 0.6) is 0 Å². The van der Waals surface area contributed by atoms with E-state index in [0.29, 0.717) is 55.6 Å². The lowest BCUT2D eigenvalue weighted by Crippen LogP contribution is -2.24. The van der Waals surface area contributed by atoms with Gasteiger partial charge in [0.25, 0.3) is 0 Å². The molecule has 0 bridgehead atoms. The maximum absolute atomic E-state index is 13.4. The summed E-state index contributed by atoms with van der Waals surface area (Å²) in [6, 6.07) is 6.44. The Morgan fingerprint density at radius 1 is 1.36 bits per heavy atom. The van der Waals surface area contributed by atoms with Crippen LogP contribution in [0.25, 0.3) is 0 Å². The first-order valence-corrected chi connectivity index (χ1v) is 14.3. The lowest BCUT2D eigenvalue weighted by atomic mass is 9.96. The molecule has 1 aliphatic rings. The molecule has 0 amide bonds. The number of hydrogen-bond donors (Lipinski definition) is 3. The number of carbonyl (C=O) groups excluding carboxylic acids is 1. The number of rotatable bonds is 9. The van der Waals surface area contributed by atoms with Crippen LogP contribution in [0, 0.1) is 11.8 Å². The van der Waals surface area contributed by atoms with E-state index >= 15 is 0 Å². The number of hydrogen-bond acceptors (Lipinski definition) is 10. The summed E-state index contributed by atoms with van der Waals surface area (Å²) in [7, 11) is -4.09. The Labute approximate surface area is 225 Å². The van der Waals surface area contributed by atoms with Gasteiger partial charge in [-0.25, -0.2) is 20.1 Å². The van der Waals surface area contributed by atoms with Gasteiger partial charge in [-0.3, -0.25) is 8.98 Å². The number of nitrogens with two attached hydrogens (primary N) is 2. The Morgan fingerprint density at radius 2 is 2.14 bits per heavy atom. The van der Waals surface area contributed by atoms with Crippen molar-refractivity contribution in [3.05, 3.63) is 73.1 Å². The van der Waals surface area contributed by atoms with Gasteiger partial charge in [0.1, 0.15) is 10.9 Å². The number of ketones is 1. The number of nitrogens with zero attached hydrogens (tertiary/aromatic N) is 3. The highest BCUT2D eigenvalue weighted by Crippen LogP contribution is 2.37. The Morgan fingerprint density at radius 3 is 2.86 bits per heavy atom. The number of aliphatic hydroxyl groups is 1. The van der Waals surface area contributed by atoms with Gasteiger partial charge < -0.3 is 10.8 Å². The second-order valence-corrected chi connectivity index (χ2v) is 12.2. The van der Waals surface area contributed by atoms with Crippen molar-refractivity contribution in [3.63, 3.8) is 0 Å². The highest BCUT2D eigenvalue weighted by atomic mass is 79.9. The van der Waals surface area contributed by atoms with Crippen molar-refractivity contribution in [2.24, 2.45) is 22.7 Å². The van der Waals surface area contributed by atoms with Crippen LogP contribution in [0.1, 0.15) is 51.1 Å². The molecule has 1 aliphatic carbocycles.